The summed E-state index contributed by atoms with van der Waals surface area (Å²) >= 11 is 12.4. The largest absolute Gasteiger partial charge is 0.493 e. The third-order valence-electron chi connectivity index (χ3n) is 3.75. The number of nitrogens with two attached hydrogens (primary N) is 1. The summed E-state index contributed by atoms with van der Waals surface area (Å²) in [6, 6.07) is 11.7. The molecule has 0 bridgehead atoms. The fourth-order valence-corrected chi connectivity index (χ4v) is 3.27. The second kappa shape index (κ2) is 6.27. The van der Waals surface area contributed by atoms with E-state index in [1.54, 1.807) is 0 Å². The van der Waals surface area contributed by atoms with Crippen molar-refractivity contribution in [3.05, 3.63) is 63.1 Å². The van der Waals surface area contributed by atoms with Gasteiger partial charge >= 0.3 is 0 Å². The standard InChI is InChI=1S/C17H17Cl2NO/c18-14-7-12-5-6-21-17(12)13(8-14)10-15(20)9-11-3-1-2-4-16(11)19/h1-4,7-8,15H,5-6,9-10,20H2. The lowest BCUT2D eigenvalue weighted by atomic mass is 9.97. The molecule has 0 fully saturated rings. The van der Waals surface area contributed by atoms with Gasteiger partial charge in [0.15, 0.2) is 0 Å². The Hall–Kier alpha value is -1.22. The molecule has 2 aromatic carbocycles. The zero-order valence-electron chi connectivity index (χ0n) is 11.6. The number of ether oxygens (including phenoxy) is 1. The van der Waals surface area contributed by atoms with Crippen LogP contribution in [0.1, 0.15) is 16.7 Å². The summed E-state index contributed by atoms with van der Waals surface area (Å²) in [5, 5.41) is 1.51. The highest BCUT2D eigenvalue weighted by Crippen LogP contribution is 2.33. The number of benzene rings is 2. The second-order valence-electron chi connectivity index (χ2n) is 5.41. The van der Waals surface area contributed by atoms with Crippen LogP contribution < -0.4 is 10.5 Å². The molecule has 0 spiro atoms. The summed E-state index contributed by atoms with van der Waals surface area (Å²) in [7, 11) is 0. The molecule has 1 aliphatic rings. The van der Waals surface area contributed by atoms with E-state index in [0.717, 1.165) is 52.8 Å². The maximum atomic E-state index is 6.29. The number of rotatable bonds is 4. The average molecular weight is 322 g/mol. The predicted octanol–water partition coefficient (Wildman–Crippen LogP) is 4.04. The average Bonchev–Trinajstić information content (AvgIpc) is 2.89. The monoisotopic (exact) mass is 321 g/mol. The zero-order chi connectivity index (χ0) is 14.8. The van der Waals surface area contributed by atoms with E-state index in [1.165, 1.54) is 5.56 Å². The Labute approximate surface area is 134 Å². The van der Waals surface area contributed by atoms with Crippen molar-refractivity contribution in [1.82, 2.24) is 0 Å². The molecule has 2 N–H and O–H groups in total. The van der Waals surface area contributed by atoms with Crippen LogP contribution in [0, 0.1) is 0 Å². The molecule has 1 unspecified atom stereocenters. The van der Waals surface area contributed by atoms with Gasteiger partial charge < -0.3 is 10.5 Å². The van der Waals surface area contributed by atoms with Gasteiger partial charge in [0, 0.05) is 22.5 Å². The van der Waals surface area contributed by atoms with E-state index in [2.05, 4.69) is 0 Å². The summed E-state index contributed by atoms with van der Waals surface area (Å²) in [6.45, 7) is 0.725. The molecule has 0 aliphatic carbocycles. The Balaban J connectivity index is 1.77. The van der Waals surface area contributed by atoms with E-state index in [0.29, 0.717) is 0 Å². The minimum absolute atomic E-state index is 0.0170. The van der Waals surface area contributed by atoms with Crippen molar-refractivity contribution in [1.29, 1.82) is 0 Å². The Morgan fingerprint density at radius 3 is 2.67 bits per heavy atom. The molecule has 1 atom stereocenters. The van der Waals surface area contributed by atoms with Crippen molar-refractivity contribution >= 4 is 23.2 Å². The van der Waals surface area contributed by atoms with Crippen LogP contribution in [-0.4, -0.2) is 12.6 Å². The van der Waals surface area contributed by atoms with Crippen LogP contribution in [0.5, 0.6) is 5.75 Å². The van der Waals surface area contributed by atoms with Crippen LogP contribution in [0.25, 0.3) is 0 Å². The molecular formula is C17H17Cl2NO. The lowest BCUT2D eigenvalue weighted by Crippen LogP contribution is -2.25. The number of fused-ring (bicyclic) bond motifs is 1. The molecule has 0 radical (unpaired) electrons. The highest BCUT2D eigenvalue weighted by molar-refractivity contribution is 6.31. The van der Waals surface area contributed by atoms with Crippen molar-refractivity contribution < 1.29 is 4.74 Å². The number of hydrogen-bond acceptors (Lipinski definition) is 2. The summed E-state index contributed by atoms with van der Waals surface area (Å²) in [5.41, 5.74) is 9.64. The van der Waals surface area contributed by atoms with Gasteiger partial charge in [-0.15, -0.1) is 0 Å². The Morgan fingerprint density at radius 2 is 1.86 bits per heavy atom. The first-order valence-corrected chi connectivity index (χ1v) is 7.82. The van der Waals surface area contributed by atoms with Crippen molar-refractivity contribution in [2.45, 2.75) is 25.3 Å². The molecule has 110 valence electrons. The fraction of sp³-hybridized carbons (Fsp3) is 0.294. The molecule has 1 heterocycles. The van der Waals surface area contributed by atoms with Crippen molar-refractivity contribution in [2.75, 3.05) is 6.61 Å². The molecule has 2 nitrogen and oxygen atoms in total. The van der Waals surface area contributed by atoms with Gasteiger partial charge in [-0.1, -0.05) is 41.4 Å². The van der Waals surface area contributed by atoms with Crippen LogP contribution >= 0.6 is 23.2 Å². The quantitative estimate of drug-likeness (QED) is 0.922. The third kappa shape index (κ3) is 3.34. The first-order chi connectivity index (χ1) is 10.1. The maximum absolute atomic E-state index is 6.29. The Bertz CT molecular complexity index is 657. The van der Waals surface area contributed by atoms with Gasteiger partial charge in [-0.25, -0.2) is 0 Å². The maximum Gasteiger partial charge on any atom is 0.125 e. The molecular weight excluding hydrogens is 305 g/mol. The molecule has 0 saturated carbocycles. The van der Waals surface area contributed by atoms with Gasteiger partial charge in [0.05, 0.1) is 6.61 Å². The Kier molecular flexibility index (Phi) is 4.39. The van der Waals surface area contributed by atoms with Gasteiger partial charge in [0.1, 0.15) is 5.75 Å². The van der Waals surface area contributed by atoms with Crippen LogP contribution in [-0.2, 0) is 19.3 Å². The molecule has 3 rings (SSSR count). The third-order valence-corrected chi connectivity index (χ3v) is 4.33. The van der Waals surface area contributed by atoms with Gasteiger partial charge in [-0.3, -0.25) is 0 Å². The highest BCUT2D eigenvalue weighted by Gasteiger charge is 2.19. The minimum Gasteiger partial charge on any atom is -0.493 e. The lowest BCUT2D eigenvalue weighted by molar-refractivity contribution is 0.352. The molecule has 1 aliphatic heterocycles. The van der Waals surface area contributed by atoms with Crippen LogP contribution in [0.15, 0.2) is 36.4 Å². The minimum atomic E-state index is -0.0170. The predicted molar refractivity (Wildman–Crippen MR) is 87.5 cm³/mol. The summed E-state index contributed by atoms with van der Waals surface area (Å²) < 4.78 is 5.72. The van der Waals surface area contributed by atoms with Crippen molar-refractivity contribution in [3.8, 4) is 5.75 Å². The van der Waals surface area contributed by atoms with E-state index in [1.807, 2.05) is 36.4 Å². The number of hydrogen-bond donors (Lipinski definition) is 1. The highest BCUT2D eigenvalue weighted by atomic mass is 35.5. The summed E-state index contributed by atoms with van der Waals surface area (Å²) in [6.07, 6.45) is 2.39. The molecule has 21 heavy (non-hydrogen) atoms. The van der Waals surface area contributed by atoms with Crippen molar-refractivity contribution in [2.24, 2.45) is 5.73 Å². The fourth-order valence-electron chi connectivity index (χ4n) is 2.80. The number of halogens is 2. The van der Waals surface area contributed by atoms with E-state index in [-0.39, 0.29) is 6.04 Å². The van der Waals surface area contributed by atoms with Crippen LogP contribution in [0.3, 0.4) is 0 Å². The normalized spacial score (nSPS) is 14.6. The van der Waals surface area contributed by atoms with Gasteiger partial charge in [-0.2, -0.15) is 0 Å². The SMILES string of the molecule is NC(Cc1ccccc1Cl)Cc1cc(Cl)cc2c1OCC2. The topological polar surface area (TPSA) is 35.2 Å². The molecule has 0 aromatic heterocycles. The Morgan fingerprint density at radius 1 is 1.10 bits per heavy atom. The van der Waals surface area contributed by atoms with Crippen LogP contribution in [0.4, 0.5) is 0 Å². The van der Waals surface area contributed by atoms with E-state index >= 15 is 0 Å². The van der Waals surface area contributed by atoms with Gasteiger partial charge in [-0.05, 0) is 47.7 Å². The summed E-state index contributed by atoms with van der Waals surface area (Å²) in [4.78, 5) is 0. The zero-order valence-corrected chi connectivity index (χ0v) is 13.1. The van der Waals surface area contributed by atoms with Crippen molar-refractivity contribution in [3.63, 3.8) is 0 Å². The molecule has 0 saturated heterocycles. The molecule has 2 aromatic rings. The first kappa shape index (κ1) is 14.7. The summed E-state index contributed by atoms with van der Waals surface area (Å²) in [5.74, 6) is 0.967. The lowest BCUT2D eigenvalue weighted by Gasteiger charge is -2.15. The second-order valence-corrected chi connectivity index (χ2v) is 6.25. The van der Waals surface area contributed by atoms with E-state index in [4.69, 9.17) is 33.7 Å². The van der Waals surface area contributed by atoms with E-state index in [9.17, 15) is 0 Å². The van der Waals surface area contributed by atoms with Crippen LogP contribution in [0.2, 0.25) is 10.0 Å². The molecule has 0 amide bonds. The van der Waals surface area contributed by atoms with E-state index < -0.39 is 0 Å². The van der Waals surface area contributed by atoms with Gasteiger partial charge in [0.2, 0.25) is 0 Å². The van der Waals surface area contributed by atoms with Gasteiger partial charge in [0.25, 0.3) is 0 Å². The smallest absolute Gasteiger partial charge is 0.125 e. The first-order valence-electron chi connectivity index (χ1n) is 7.06. The molecule has 4 heteroatoms.